The number of nitrogens with two attached hydrogens (primary N) is 1. The average Bonchev–Trinajstić information content (AvgIpc) is 3.22. The van der Waals surface area contributed by atoms with Crippen LogP contribution < -0.4 is 11.1 Å². The summed E-state index contributed by atoms with van der Waals surface area (Å²) < 4.78 is 0. The van der Waals surface area contributed by atoms with Gasteiger partial charge in [-0.15, -0.1) is 0 Å². The lowest BCUT2D eigenvalue weighted by atomic mass is 10.0. The molecule has 5 nitrogen and oxygen atoms in total. The molecule has 0 spiro atoms. The minimum Gasteiger partial charge on any atom is -0.353 e. The van der Waals surface area contributed by atoms with Gasteiger partial charge >= 0.3 is 0 Å². The Labute approximate surface area is 121 Å². The number of likely N-dealkylation sites (tertiary alicyclic amines) is 1. The highest BCUT2D eigenvalue weighted by molar-refractivity contribution is 5.78. The van der Waals surface area contributed by atoms with Crippen molar-refractivity contribution in [1.29, 1.82) is 0 Å². The van der Waals surface area contributed by atoms with Gasteiger partial charge in [0, 0.05) is 37.5 Å². The van der Waals surface area contributed by atoms with Gasteiger partial charge in [-0.1, -0.05) is 13.8 Å². The van der Waals surface area contributed by atoms with Crippen LogP contribution in [0.2, 0.25) is 0 Å². The van der Waals surface area contributed by atoms with Gasteiger partial charge in [-0.25, -0.2) is 0 Å². The molecule has 1 saturated carbocycles. The van der Waals surface area contributed by atoms with E-state index >= 15 is 0 Å². The fourth-order valence-electron chi connectivity index (χ4n) is 2.80. The van der Waals surface area contributed by atoms with E-state index in [4.69, 9.17) is 5.73 Å². The smallest absolute Gasteiger partial charge is 0.225 e. The van der Waals surface area contributed by atoms with Crippen LogP contribution in [0.25, 0.3) is 0 Å². The molecule has 5 heteroatoms. The monoisotopic (exact) mass is 281 g/mol. The van der Waals surface area contributed by atoms with Crippen LogP contribution in [-0.4, -0.2) is 41.9 Å². The van der Waals surface area contributed by atoms with Crippen LogP contribution in [-0.2, 0) is 9.59 Å². The van der Waals surface area contributed by atoms with E-state index in [1.807, 2.05) is 18.7 Å². The summed E-state index contributed by atoms with van der Waals surface area (Å²) in [5.74, 6) is 0.896. The Morgan fingerprint density at radius 3 is 2.30 bits per heavy atom. The molecule has 2 rings (SSSR count). The summed E-state index contributed by atoms with van der Waals surface area (Å²) in [4.78, 5) is 25.7. The summed E-state index contributed by atoms with van der Waals surface area (Å²) in [7, 11) is 0. The number of carbonyl (C=O) groups excluding carboxylic acids is 2. The number of carbonyl (C=O) groups is 2. The molecule has 2 aliphatic rings. The van der Waals surface area contributed by atoms with Gasteiger partial charge in [0.15, 0.2) is 0 Å². The number of amides is 2. The van der Waals surface area contributed by atoms with Crippen molar-refractivity contribution in [3.05, 3.63) is 0 Å². The summed E-state index contributed by atoms with van der Waals surface area (Å²) in [5, 5.41) is 3.06. The van der Waals surface area contributed by atoms with Crippen LogP contribution in [0.5, 0.6) is 0 Å². The molecular weight excluding hydrogens is 254 g/mol. The zero-order valence-electron chi connectivity index (χ0n) is 12.6. The van der Waals surface area contributed by atoms with Crippen LogP contribution in [0.4, 0.5) is 0 Å². The Hall–Kier alpha value is -1.10. The van der Waals surface area contributed by atoms with E-state index in [9.17, 15) is 9.59 Å². The first-order chi connectivity index (χ1) is 9.47. The molecule has 3 N–H and O–H groups in total. The standard InChI is InChI=1S/C15H27N3O2/c1-10(2)15(20)18-7-5-12(6-8-18)17-14(19)9-13(16)11-3-4-11/h10-13H,3-9,16H2,1-2H3,(H,17,19). The molecular formula is C15H27N3O2. The zero-order chi connectivity index (χ0) is 14.7. The minimum absolute atomic E-state index is 0.0256. The average molecular weight is 281 g/mol. The maximum atomic E-state index is 11.9. The van der Waals surface area contributed by atoms with Gasteiger partial charge in [-0.2, -0.15) is 0 Å². The molecule has 0 aromatic carbocycles. The highest BCUT2D eigenvalue weighted by Gasteiger charge is 2.31. The second-order valence-electron chi connectivity index (χ2n) is 6.53. The second kappa shape index (κ2) is 6.57. The van der Waals surface area contributed by atoms with E-state index in [0.29, 0.717) is 12.3 Å². The number of rotatable bonds is 5. The molecule has 0 aromatic rings. The SMILES string of the molecule is CC(C)C(=O)N1CCC(NC(=O)CC(N)C2CC2)CC1. The van der Waals surface area contributed by atoms with E-state index in [1.54, 1.807) is 0 Å². The minimum atomic E-state index is 0.0256. The first-order valence-electron chi connectivity index (χ1n) is 7.81. The Kier molecular flexibility index (Phi) is 5.02. The summed E-state index contributed by atoms with van der Waals surface area (Å²) in [6.45, 7) is 5.35. The summed E-state index contributed by atoms with van der Waals surface area (Å²) in [6, 6.07) is 0.225. The molecule has 0 bridgehead atoms. The number of nitrogens with zero attached hydrogens (tertiary/aromatic N) is 1. The highest BCUT2D eigenvalue weighted by atomic mass is 16.2. The molecule has 0 radical (unpaired) electrons. The van der Waals surface area contributed by atoms with Gasteiger partial charge in [0.05, 0.1) is 0 Å². The van der Waals surface area contributed by atoms with Crippen molar-refractivity contribution in [2.45, 2.75) is 58.0 Å². The van der Waals surface area contributed by atoms with E-state index in [2.05, 4.69) is 5.32 Å². The lowest BCUT2D eigenvalue weighted by Gasteiger charge is -2.33. The Bertz CT molecular complexity index is 358. The molecule has 114 valence electrons. The first-order valence-corrected chi connectivity index (χ1v) is 7.81. The molecule has 1 saturated heterocycles. The van der Waals surface area contributed by atoms with Crippen LogP contribution in [0.15, 0.2) is 0 Å². The topological polar surface area (TPSA) is 75.4 Å². The molecule has 1 heterocycles. The maximum Gasteiger partial charge on any atom is 0.225 e. The van der Waals surface area contributed by atoms with Crippen molar-refractivity contribution < 1.29 is 9.59 Å². The van der Waals surface area contributed by atoms with Crippen LogP contribution in [0, 0.1) is 11.8 Å². The zero-order valence-corrected chi connectivity index (χ0v) is 12.6. The number of nitrogens with one attached hydrogen (secondary N) is 1. The third-order valence-electron chi connectivity index (χ3n) is 4.31. The Morgan fingerprint density at radius 2 is 1.80 bits per heavy atom. The van der Waals surface area contributed by atoms with Crippen molar-refractivity contribution in [3.63, 3.8) is 0 Å². The second-order valence-corrected chi connectivity index (χ2v) is 6.53. The van der Waals surface area contributed by atoms with E-state index in [0.717, 1.165) is 25.9 Å². The van der Waals surface area contributed by atoms with Crippen LogP contribution >= 0.6 is 0 Å². The van der Waals surface area contributed by atoms with Crippen molar-refractivity contribution in [3.8, 4) is 0 Å². The van der Waals surface area contributed by atoms with Gasteiger partial charge in [0.25, 0.3) is 0 Å². The third kappa shape index (κ3) is 4.20. The van der Waals surface area contributed by atoms with Crippen molar-refractivity contribution in [1.82, 2.24) is 10.2 Å². The predicted molar refractivity (Wildman–Crippen MR) is 77.9 cm³/mol. The number of hydrogen-bond acceptors (Lipinski definition) is 3. The molecule has 1 aliphatic heterocycles. The van der Waals surface area contributed by atoms with Crippen molar-refractivity contribution >= 4 is 11.8 Å². The largest absolute Gasteiger partial charge is 0.353 e. The first kappa shape index (κ1) is 15.3. The number of hydrogen-bond donors (Lipinski definition) is 2. The number of piperidine rings is 1. The van der Waals surface area contributed by atoms with Gasteiger partial charge < -0.3 is 16.0 Å². The molecule has 1 aliphatic carbocycles. The lowest BCUT2D eigenvalue weighted by molar-refractivity contribution is -0.135. The fraction of sp³-hybridized carbons (Fsp3) is 0.867. The van der Waals surface area contributed by atoms with E-state index in [1.165, 1.54) is 12.8 Å². The van der Waals surface area contributed by atoms with Crippen molar-refractivity contribution in [2.75, 3.05) is 13.1 Å². The lowest BCUT2D eigenvalue weighted by Crippen LogP contribution is -2.48. The van der Waals surface area contributed by atoms with Gasteiger partial charge in [-0.05, 0) is 31.6 Å². The predicted octanol–water partition coefficient (Wildman–Crippen LogP) is 0.877. The van der Waals surface area contributed by atoms with Gasteiger partial charge in [0.1, 0.15) is 0 Å². The molecule has 1 unspecified atom stereocenters. The molecule has 0 aromatic heterocycles. The van der Waals surface area contributed by atoms with Crippen molar-refractivity contribution in [2.24, 2.45) is 17.6 Å². The summed E-state index contributed by atoms with van der Waals surface area (Å²) >= 11 is 0. The fourth-order valence-corrected chi connectivity index (χ4v) is 2.80. The third-order valence-corrected chi connectivity index (χ3v) is 4.31. The van der Waals surface area contributed by atoms with E-state index in [-0.39, 0.29) is 29.8 Å². The summed E-state index contributed by atoms with van der Waals surface area (Å²) in [6.07, 6.45) is 4.48. The molecule has 2 fully saturated rings. The van der Waals surface area contributed by atoms with E-state index < -0.39 is 0 Å². The molecule has 2 amide bonds. The summed E-state index contributed by atoms with van der Waals surface area (Å²) in [5.41, 5.74) is 5.97. The highest BCUT2D eigenvalue weighted by Crippen LogP contribution is 2.32. The van der Waals surface area contributed by atoms with Crippen LogP contribution in [0.3, 0.4) is 0 Å². The Balaban J connectivity index is 1.68. The maximum absolute atomic E-state index is 11.9. The quantitative estimate of drug-likeness (QED) is 0.785. The molecule has 20 heavy (non-hydrogen) atoms. The van der Waals surface area contributed by atoms with Gasteiger partial charge in [-0.3, -0.25) is 9.59 Å². The Morgan fingerprint density at radius 1 is 1.20 bits per heavy atom. The van der Waals surface area contributed by atoms with Gasteiger partial charge in [0.2, 0.25) is 11.8 Å². The van der Waals surface area contributed by atoms with Crippen LogP contribution in [0.1, 0.15) is 46.0 Å². The molecule has 1 atom stereocenters. The normalized spacial score (nSPS) is 21.9.